The molecule has 1 aliphatic heterocycles. The van der Waals surface area contributed by atoms with E-state index >= 15 is 0 Å². The van der Waals surface area contributed by atoms with E-state index in [1.807, 2.05) is 26.0 Å². The van der Waals surface area contributed by atoms with E-state index in [4.69, 9.17) is 11.6 Å². The van der Waals surface area contributed by atoms with Crippen LogP contribution >= 0.6 is 11.6 Å². The van der Waals surface area contributed by atoms with Gasteiger partial charge in [0.25, 0.3) is 0 Å². The van der Waals surface area contributed by atoms with Crippen molar-refractivity contribution >= 4 is 34.3 Å². The number of fused-ring (bicyclic) bond motifs is 1. The summed E-state index contributed by atoms with van der Waals surface area (Å²) in [6, 6.07) is 9.46. The molecule has 1 fully saturated rings. The first-order valence-electron chi connectivity index (χ1n) is 10.4. The molecule has 0 radical (unpaired) electrons. The Labute approximate surface area is 185 Å². The van der Waals surface area contributed by atoms with Crippen molar-refractivity contribution in [2.24, 2.45) is 0 Å². The smallest absolute Gasteiger partial charge is 0.242 e. The van der Waals surface area contributed by atoms with Gasteiger partial charge in [-0.2, -0.15) is 0 Å². The number of aryl methyl sites for hydroxylation is 2. The van der Waals surface area contributed by atoms with Crippen LogP contribution in [-0.2, 0) is 22.6 Å². The fourth-order valence-electron chi connectivity index (χ4n) is 4.37. The van der Waals surface area contributed by atoms with Crippen molar-refractivity contribution in [3.63, 3.8) is 0 Å². The van der Waals surface area contributed by atoms with Gasteiger partial charge in [0.2, 0.25) is 11.8 Å². The molecule has 0 aliphatic carbocycles. The van der Waals surface area contributed by atoms with Crippen LogP contribution in [0, 0.1) is 19.7 Å². The zero-order valence-corrected chi connectivity index (χ0v) is 18.4. The predicted molar refractivity (Wildman–Crippen MR) is 119 cm³/mol. The Morgan fingerprint density at radius 3 is 2.87 bits per heavy atom. The van der Waals surface area contributed by atoms with Crippen LogP contribution in [0.25, 0.3) is 10.9 Å². The number of carbonyl (C=O) groups is 2. The molecule has 162 valence electrons. The number of aromatic nitrogens is 1. The maximum Gasteiger partial charge on any atom is 0.242 e. The molecule has 5 nitrogen and oxygen atoms in total. The quantitative estimate of drug-likeness (QED) is 0.594. The van der Waals surface area contributed by atoms with Crippen molar-refractivity contribution in [1.29, 1.82) is 0 Å². The van der Waals surface area contributed by atoms with Gasteiger partial charge in [-0.1, -0.05) is 29.8 Å². The van der Waals surface area contributed by atoms with E-state index in [-0.39, 0.29) is 24.2 Å². The molecule has 1 unspecified atom stereocenters. The summed E-state index contributed by atoms with van der Waals surface area (Å²) >= 11 is 6.44. The van der Waals surface area contributed by atoms with Crippen LogP contribution in [0.2, 0.25) is 5.02 Å². The second-order valence-electron chi connectivity index (χ2n) is 8.09. The molecule has 4 rings (SSSR count). The largest absolute Gasteiger partial charge is 0.358 e. The minimum absolute atomic E-state index is 0.0841. The Morgan fingerprint density at radius 2 is 2.10 bits per heavy atom. The molecule has 1 saturated heterocycles. The summed E-state index contributed by atoms with van der Waals surface area (Å²) in [7, 11) is 0. The lowest BCUT2D eigenvalue weighted by molar-refractivity contribution is -0.135. The number of H-pyrrole nitrogens is 1. The number of rotatable bonds is 6. The van der Waals surface area contributed by atoms with E-state index in [9.17, 15) is 14.0 Å². The number of hydrogen-bond acceptors (Lipinski definition) is 2. The highest BCUT2D eigenvalue weighted by Crippen LogP contribution is 2.31. The Balaban J connectivity index is 1.43. The molecule has 0 bridgehead atoms. The first kappa shape index (κ1) is 21.4. The van der Waals surface area contributed by atoms with Gasteiger partial charge in [-0.25, -0.2) is 4.39 Å². The molecule has 2 amide bonds. The van der Waals surface area contributed by atoms with Crippen LogP contribution < -0.4 is 5.32 Å². The number of carbonyl (C=O) groups excluding carboxylic acids is 2. The molecule has 31 heavy (non-hydrogen) atoms. The molecule has 2 aromatic carbocycles. The molecular weight excluding hydrogens is 417 g/mol. The van der Waals surface area contributed by atoms with Crippen LogP contribution in [-0.4, -0.2) is 34.3 Å². The Bertz CT molecular complexity index is 1160. The molecule has 0 saturated carbocycles. The van der Waals surface area contributed by atoms with Crippen molar-refractivity contribution in [3.8, 4) is 0 Å². The zero-order chi connectivity index (χ0) is 22.1. The Morgan fingerprint density at radius 1 is 1.29 bits per heavy atom. The van der Waals surface area contributed by atoms with Crippen molar-refractivity contribution in [2.45, 2.75) is 45.7 Å². The molecular formula is C24H25ClFN3O2. The van der Waals surface area contributed by atoms with E-state index in [0.717, 1.165) is 27.7 Å². The minimum Gasteiger partial charge on any atom is -0.358 e. The van der Waals surface area contributed by atoms with Gasteiger partial charge >= 0.3 is 0 Å². The minimum atomic E-state index is -0.536. The van der Waals surface area contributed by atoms with E-state index in [1.54, 1.807) is 17.0 Å². The van der Waals surface area contributed by atoms with E-state index in [2.05, 4.69) is 10.3 Å². The lowest BCUT2D eigenvalue weighted by Gasteiger charge is -2.24. The summed E-state index contributed by atoms with van der Waals surface area (Å²) in [6.07, 6.45) is 1.42. The molecule has 7 heteroatoms. The average Bonchev–Trinajstić information content (AvgIpc) is 3.26. The summed E-state index contributed by atoms with van der Waals surface area (Å²) in [4.78, 5) is 30.1. The Hall–Kier alpha value is -2.86. The maximum absolute atomic E-state index is 13.5. The predicted octanol–water partition coefficient (Wildman–Crippen LogP) is 4.43. The third-order valence-corrected chi connectivity index (χ3v) is 6.29. The van der Waals surface area contributed by atoms with Gasteiger partial charge in [0.15, 0.2) is 0 Å². The lowest BCUT2D eigenvalue weighted by atomic mass is 10.1. The zero-order valence-electron chi connectivity index (χ0n) is 17.6. The van der Waals surface area contributed by atoms with E-state index < -0.39 is 6.04 Å². The number of nitrogens with one attached hydrogen (secondary N) is 2. The van der Waals surface area contributed by atoms with Crippen molar-refractivity contribution in [3.05, 3.63) is 69.6 Å². The number of likely N-dealkylation sites (tertiary alicyclic amines) is 1. The van der Waals surface area contributed by atoms with Crippen LogP contribution in [0.5, 0.6) is 0 Å². The number of aromatic amines is 1. The lowest BCUT2D eigenvalue weighted by Crippen LogP contribution is -2.44. The van der Waals surface area contributed by atoms with Gasteiger partial charge in [-0.3, -0.25) is 9.59 Å². The summed E-state index contributed by atoms with van der Waals surface area (Å²) < 4.78 is 13.5. The summed E-state index contributed by atoms with van der Waals surface area (Å²) in [6.45, 7) is 4.70. The van der Waals surface area contributed by atoms with Gasteiger partial charge < -0.3 is 15.2 Å². The second kappa shape index (κ2) is 8.71. The fraction of sp³-hybridized carbons (Fsp3) is 0.333. The standard InChI is InChI=1S/C24H25ClFN3O2/c1-14-6-7-19(25)22-18(15(2)28-23(14)22)10-11-27-24(31)20-8-9-21(30)29(20)13-16-4-3-5-17(26)12-16/h3-7,12,20,28H,8-11,13H2,1-2H3,(H,27,31). The van der Waals surface area contributed by atoms with E-state index in [1.165, 1.54) is 12.1 Å². The summed E-state index contributed by atoms with van der Waals surface area (Å²) in [5.74, 6) is -0.616. The van der Waals surface area contributed by atoms with E-state index in [0.29, 0.717) is 36.4 Å². The van der Waals surface area contributed by atoms with Crippen molar-refractivity contribution in [2.75, 3.05) is 6.54 Å². The number of hydrogen-bond donors (Lipinski definition) is 2. The summed E-state index contributed by atoms with van der Waals surface area (Å²) in [5.41, 5.74) is 4.93. The maximum atomic E-state index is 13.5. The number of benzene rings is 2. The topological polar surface area (TPSA) is 65.2 Å². The first-order valence-corrected chi connectivity index (χ1v) is 10.8. The molecule has 2 N–H and O–H groups in total. The molecule has 1 atom stereocenters. The molecule has 3 aromatic rings. The fourth-order valence-corrected chi connectivity index (χ4v) is 4.64. The number of halogens is 2. The van der Waals surface area contributed by atoms with Crippen molar-refractivity contribution in [1.82, 2.24) is 15.2 Å². The highest BCUT2D eigenvalue weighted by atomic mass is 35.5. The Kier molecular flexibility index (Phi) is 6.01. The van der Waals surface area contributed by atoms with Crippen LogP contribution in [0.15, 0.2) is 36.4 Å². The highest BCUT2D eigenvalue weighted by molar-refractivity contribution is 6.35. The third kappa shape index (κ3) is 4.30. The van der Waals surface area contributed by atoms with Crippen molar-refractivity contribution < 1.29 is 14.0 Å². The third-order valence-electron chi connectivity index (χ3n) is 5.98. The monoisotopic (exact) mass is 441 g/mol. The molecule has 0 spiro atoms. The van der Waals surface area contributed by atoms with Crippen LogP contribution in [0.3, 0.4) is 0 Å². The number of nitrogens with zero attached hydrogens (tertiary/aromatic N) is 1. The first-order chi connectivity index (χ1) is 14.8. The second-order valence-corrected chi connectivity index (χ2v) is 8.50. The molecule has 1 aromatic heterocycles. The van der Waals surface area contributed by atoms with Gasteiger partial charge in [-0.15, -0.1) is 0 Å². The van der Waals surface area contributed by atoms with Gasteiger partial charge in [0.1, 0.15) is 11.9 Å². The normalized spacial score (nSPS) is 16.3. The SMILES string of the molecule is Cc1[nH]c2c(C)ccc(Cl)c2c1CCNC(=O)C1CCC(=O)N1Cc1cccc(F)c1. The van der Waals surface area contributed by atoms with Gasteiger partial charge in [0.05, 0.1) is 10.5 Å². The van der Waals surface area contributed by atoms with Gasteiger partial charge in [-0.05, 0) is 61.6 Å². The van der Waals surface area contributed by atoms with Gasteiger partial charge in [0, 0.05) is 30.6 Å². The summed E-state index contributed by atoms with van der Waals surface area (Å²) in [5, 5.41) is 4.66. The molecule has 1 aliphatic rings. The van der Waals surface area contributed by atoms with Crippen LogP contribution in [0.4, 0.5) is 4.39 Å². The number of amides is 2. The molecule has 2 heterocycles. The highest BCUT2D eigenvalue weighted by Gasteiger charge is 2.35. The average molecular weight is 442 g/mol. The van der Waals surface area contributed by atoms with Crippen LogP contribution in [0.1, 0.15) is 35.2 Å².